The standard InChI is InChI=1S/C8H19O6P/c1-3-13-15(11,14-4-2)8(7-10)12-6-5-9/h8-10H,3-7H2,1-2H3. The second-order valence-corrected chi connectivity index (χ2v) is 4.78. The van der Waals surface area contributed by atoms with Crippen LogP contribution in [0.5, 0.6) is 0 Å². The van der Waals surface area contributed by atoms with Crippen LogP contribution in [-0.4, -0.2) is 49.1 Å². The molecular weight excluding hydrogens is 223 g/mol. The summed E-state index contributed by atoms with van der Waals surface area (Å²) in [5, 5.41) is 17.6. The molecule has 0 bridgehead atoms. The Morgan fingerprint density at radius 2 is 1.73 bits per heavy atom. The molecule has 0 aliphatic carbocycles. The van der Waals surface area contributed by atoms with Crippen LogP contribution in [0.2, 0.25) is 0 Å². The van der Waals surface area contributed by atoms with Crippen LogP contribution in [-0.2, 0) is 18.3 Å². The van der Waals surface area contributed by atoms with E-state index in [4.69, 9.17) is 24.0 Å². The molecule has 92 valence electrons. The number of ether oxygens (including phenoxy) is 1. The lowest BCUT2D eigenvalue weighted by atomic mass is 10.7. The molecule has 0 fully saturated rings. The Labute approximate surface area is 89.7 Å². The van der Waals surface area contributed by atoms with E-state index in [0.717, 1.165) is 0 Å². The predicted molar refractivity (Wildman–Crippen MR) is 54.8 cm³/mol. The molecule has 0 saturated carbocycles. The topological polar surface area (TPSA) is 85.2 Å². The zero-order valence-electron chi connectivity index (χ0n) is 9.09. The molecule has 0 aliphatic heterocycles. The summed E-state index contributed by atoms with van der Waals surface area (Å²) in [7, 11) is -3.44. The molecule has 0 aromatic rings. The third kappa shape index (κ3) is 5.06. The Balaban J connectivity index is 4.46. The molecule has 0 saturated heterocycles. The van der Waals surface area contributed by atoms with E-state index in [2.05, 4.69) is 0 Å². The molecule has 7 heteroatoms. The second kappa shape index (κ2) is 8.21. The molecule has 0 aliphatic rings. The van der Waals surface area contributed by atoms with Gasteiger partial charge in [-0.1, -0.05) is 0 Å². The molecule has 0 aromatic heterocycles. The highest BCUT2D eigenvalue weighted by atomic mass is 31.2. The van der Waals surface area contributed by atoms with Crippen LogP contribution in [0.3, 0.4) is 0 Å². The van der Waals surface area contributed by atoms with Gasteiger partial charge in [-0.3, -0.25) is 4.57 Å². The molecular formula is C8H19O6P. The van der Waals surface area contributed by atoms with Gasteiger partial charge in [0.05, 0.1) is 33.0 Å². The zero-order valence-corrected chi connectivity index (χ0v) is 9.98. The van der Waals surface area contributed by atoms with Crippen LogP contribution in [0.25, 0.3) is 0 Å². The number of hydrogen-bond donors (Lipinski definition) is 2. The first-order valence-electron chi connectivity index (χ1n) is 4.86. The number of hydrogen-bond acceptors (Lipinski definition) is 6. The first kappa shape index (κ1) is 15.0. The van der Waals surface area contributed by atoms with Crippen molar-refractivity contribution >= 4 is 7.60 Å². The van der Waals surface area contributed by atoms with E-state index >= 15 is 0 Å². The average molecular weight is 242 g/mol. The highest BCUT2D eigenvalue weighted by molar-refractivity contribution is 7.54. The van der Waals surface area contributed by atoms with Gasteiger partial charge in [0.2, 0.25) is 0 Å². The molecule has 0 rings (SSSR count). The SMILES string of the molecule is CCOP(=O)(OCC)C(CO)OCCO. The fourth-order valence-electron chi connectivity index (χ4n) is 0.996. The third-order valence-corrected chi connectivity index (χ3v) is 3.78. The quantitative estimate of drug-likeness (QED) is 0.575. The summed E-state index contributed by atoms with van der Waals surface area (Å²) in [6, 6.07) is 0. The van der Waals surface area contributed by atoms with Gasteiger partial charge < -0.3 is 24.0 Å². The summed E-state index contributed by atoms with van der Waals surface area (Å²) in [6.07, 6.45) is 0. The Hall–Kier alpha value is 0.0300. The van der Waals surface area contributed by atoms with Gasteiger partial charge in [0.15, 0.2) is 5.85 Å². The van der Waals surface area contributed by atoms with Gasteiger partial charge in [-0.05, 0) is 13.8 Å². The second-order valence-electron chi connectivity index (χ2n) is 2.61. The van der Waals surface area contributed by atoms with Gasteiger partial charge >= 0.3 is 7.60 Å². The van der Waals surface area contributed by atoms with Gasteiger partial charge in [0.25, 0.3) is 0 Å². The van der Waals surface area contributed by atoms with Crippen molar-refractivity contribution < 1.29 is 28.6 Å². The Morgan fingerprint density at radius 3 is 2.07 bits per heavy atom. The van der Waals surface area contributed by atoms with Crippen molar-refractivity contribution in [3.8, 4) is 0 Å². The maximum absolute atomic E-state index is 12.0. The fraction of sp³-hybridized carbons (Fsp3) is 1.00. The van der Waals surface area contributed by atoms with E-state index in [-0.39, 0.29) is 26.4 Å². The zero-order chi connectivity index (χ0) is 11.7. The number of rotatable bonds is 9. The van der Waals surface area contributed by atoms with E-state index in [1.807, 2.05) is 0 Å². The summed E-state index contributed by atoms with van der Waals surface area (Å²) in [6.45, 7) is 3.05. The maximum atomic E-state index is 12.0. The molecule has 0 amide bonds. The minimum Gasteiger partial charge on any atom is -0.394 e. The van der Waals surface area contributed by atoms with Crippen molar-refractivity contribution in [3.05, 3.63) is 0 Å². The van der Waals surface area contributed by atoms with Crippen molar-refractivity contribution in [1.29, 1.82) is 0 Å². The van der Waals surface area contributed by atoms with Crippen LogP contribution >= 0.6 is 7.60 Å². The lowest BCUT2D eigenvalue weighted by Crippen LogP contribution is -2.22. The predicted octanol–water partition coefficient (Wildman–Crippen LogP) is 0.580. The van der Waals surface area contributed by atoms with Crippen LogP contribution < -0.4 is 0 Å². The molecule has 15 heavy (non-hydrogen) atoms. The van der Waals surface area contributed by atoms with Gasteiger partial charge in [-0.2, -0.15) is 0 Å². The van der Waals surface area contributed by atoms with Crippen molar-refractivity contribution in [2.75, 3.05) is 33.0 Å². The first-order chi connectivity index (χ1) is 7.14. The lowest BCUT2D eigenvalue weighted by Gasteiger charge is -2.24. The van der Waals surface area contributed by atoms with Crippen molar-refractivity contribution in [2.24, 2.45) is 0 Å². The Morgan fingerprint density at radius 1 is 1.20 bits per heavy atom. The summed E-state index contributed by atoms with van der Waals surface area (Å²) < 4.78 is 27.0. The maximum Gasteiger partial charge on any atom is 0.361 e. The minimum absolute atomic E-state index is 0.0185. The Bertz CT molecular complexity index is 188. The Kier molecular flexibility index (Phi) is 8.23. The molecule has 1 unspecified atom stereocenters. The van der Waals surface area contributed by atoms with Crippen LogP contribution in [0.4, 0.5) is 0 Å². The van der Waals surface area contributed by atoms with E-state index in [1.165, 1.54) is 0 Å². The van der Waals surface area contributed by atoms with Gasteiger partial charge in [-0.15, -0.1) is 0 Å². The highest BCUT2D eigenvalue weighted by Gasteiger charge is 2.35. The van der Waals surface area contributed by atoms with Gasteiger partial charge in [-0.25, -0.2) is 0 Å². The smallest absolute Gasteiger partial charge is 0.361 e. The van der Waals surface area contributed by atoms with Gasteiger partial charge in [0, 0.05) is 0 Å². The van der Waals surface area contributed by atoms with Crippen molar-refractivity contribution in [3.63, 3.8) is 0 Å². The first-order valence-corrected chi connectivity index (χ1v) is 6.47. The summed E-state index contributed by atoms with van der Waals surface area (Å²) in [5.74, 6) is -1.04. The van der Waals surface area contributed by atoms with Crippen molar-refractivity contribution in [1.82, 2.24) is 0 Å². The summed E-state index contributed by atoms with van der Waals surface area (Å²) >= 11 is 0. The molecule has 0 aromatic carbocycles. The van der Waals surface area contributed by atoms with Crippen LogP contribution in [0.15, 0.2) is 0 Å². The molecule has 0 radical (unpaired) electrons. The number of aliphatic hydroxyl groups excluding tert-OH is 2. The fourth-order valence-corrected chi connectivity index (χ4v) is 2.61. The number of aliphatic hydroxyl groups is 2. The normalized spacial score (nSPS) is 14.1. The highest BCUT2D eigenvalue weighted by Crippen LogP contribution is 2.53. The van der Waals surface area contributed by atoms with Crippen LogP contribution in [0.1, 0.15) is 13.8 Å². The van der Waals surface area contributed by atoms with Gasteiger partial charge in [0.1, 0.15) is 0 Å². The van der Waals surface area contributed by atoms with E-state index in [0.29, 0.717) is 0 Å². The molecule has 0 heterocycles. The molecule has 1 atom stereocenters. The summed E-state index contributed by atoms with van der Waals surface area (Å²) in [4.78, 5) is 0. The monoisotopic (exact) mass is 242 g/mol. The molecule has 0 spiro atoms. The van der Waals surface area contributed by atoms with E-state index in [9.17, 15) is 4.57 Å². The van der Waals surface area contributed by atoms with Crippen molar-refractivity contribution in [2.45, 2.75) is 19.7 Å². The molecule has 2 N–H and O–H groups in total. The lowest BCUT2D eigenvalue weighted by molar-refractivity contribution is 0.0185. The van der Waals surface area contributed by atoms with E-state index in [1.54, 1.807) is 13.8 Å². The largest absolute Gasteiger partial charge is 0.394 e. The average Bonchev–Trinajstić information content (AvgIpc) is 2.19. The molecule has 6 nitrogen and oxygen atoms in total. The summed E-state index contributed by atoms with van der Waals surface area (Å²) in [5.41, 5.74) is 0. The van der Waals surface area contributed by atoms with Crippen LogP contribution in [0, 0.1) is 0 Å². The van der Waals surface area contributed by atoms with E-state index < -0.39 is 20.0 Å². The minimum atomic E-state index is -3.44. The third-order valence-electron chi connectivity index (χ3n) is 1.53.